The second-order valence-electron chi connectivity index (χ2n) is 11.8. The minimum Gasteiger partial charge on any atom is -0.391 e. The van der Waals surface area contributed by atoms with Gasteiger partial charge < -0.3 is 19.8 Å². The van der Waals surface area contributed by atoms with E-state index in [9.17, 15) is 19.4 Å². The van der Waals surface area contributed by atoms with Crippen LogP contribution in [-0.2, 0) is 18.4 Å². The zero-order valence-electron chi connectivity index (χ0n) is 25.4. The summed E-state index contributed by atoms with van der Waals surface area (Å²) in [5, 5.41) is 13.5. The van der Waals surface area contributed by atoms with Crippen LogP contribution in [0.15, 0.2) is 0 Å². The number of aliphatic hydroxyl groups excluding tert-OH is 1. The zero-order chi connectivity index (χ0) is 28.7. The molecule has 0 rings (SSSR count). The molecule has 3 N–H and O–H groups in total. The van der Waals surface area contributed by atoms with E-state index in [0.717, 1.165) is 19.3 Å². The molecule has 0 aliphatic heterocycles. The quantitative estimate of drug-likeness (QED) is 0.0579. The molecule has 0 saturated heterocycles. The normalized spacial score (nSPS) is 15.2. The molecule has 228 valence electrons. The lowest BCUT2D eigenvalue weighted by atomic mass is 10.0. The van der Waals surface area contributed by atoms with Crippen LogP contribution in [0, 0.1) is 0 Å². The van der Waals surface area contributed by atoms with Gasteiger partial charge in [-0.1, -0.05) is 110 Å². The molecule has 9 heteroatoms. The van der Waals surface area contributed by atoms with Crippen molar-refractivity contribution in [1.29, 1.82) is 0 Å². The van der Waals surface area contributed by atoms with E-state index >= 15 is 0 Å². The number of hydrogen-bond donors (Lipinski definition) is 3. The first-order chi connectivity index (χ1) is 18.0. The predicted octanol–water partition coefficient (Wildman–Crippen LogP) is 6.73. The molecule has 38 heavy (non-hydrogen) atoms. The maximum absolute atomic E-state index is 12.3. The van der Waals surface area contributed by atoms with Crippen molar-refractivity contribution in [2.45, 2.75) is 142 Å². The number of unbranched alkanes of at least 4 members (excludes halogenated alkanes) is 14. The molecule has 0 aromatic rings. The van der Waals surface area contributed by atoms with Crippen LogP contribution in [0.5, 0.6) is 0 Å². The van der Waals surface area contributed by atoms with Gasteiger partial charge in [-0.2, -0.15) is 0 Å². The van der Waals surface area contributed by atoms with Crippen LogP contribution in [-0.4, -0.2) is 73.4 Å². The number of hydrogen-bond acceptors (Lipinski definition) is 5. The third-order valence-corrected chi connectivity index (χ3v) is 7.81. The summed E-state index contributed by atoms with van der Waals surface area (Å²) >= 11 is 0. The van der Waals surface area contributed by atoms with Crippen molar-refractivity contribution in [2.75, 3.05) is 40.9 Å². The topological polar surface area (TPSA) is 105 Å². The van der Waals surface area contributed by atoms with Crippen LogP contribution in [0.3, 0.4) is 0 Å². The van der Waals surface area contributed by atoms with E-state index < -0.39 is 20.0 Å². The van der Waals surface area contributed by atoms with Gasteiger partial charge in [0.1, 0.15) is 13.2 Å². The molecule has 0 fully saturated rings. The maximum atomic E-state index is 12.3. The Morgan fingerprint density at radius 1 is 0.789 bits per heavy atom. The van der Waals surface area contributed by atoms with E-state index in [4.69, 9.17) is 9.05 Å². The first-order valence-corrected chi connectivity index (χ1v) is 16.9. The molecule has 8 nitrogen and oxygen atoms in total. The molecule has 3 atom stereocenters. The number of phosphoric acid groups is 1. The van der Waals surface area contributed by atoms with Crippen molar-refractivity contribution >= 4 is 13.7 Å². The number of likely N-dealkylation sites (N-methyl/N-ethyl adjacent to an activating group) is 1. The molecule has 0 heterocycles. The SMILES string of the molecule is CCCCCCCCCCCCCCCCCC(O)C(COP(=O)(O)OCC[N+](C)(C)C)NC(=O)CCC. The third-order valence-electron chi connectivity index (χ3n) is 6.83. The van der Waals surface area contributed by atoms with Crippen molar-refractivity contribution in [1.82, 2.24) is 5.32 Å². The summed E-state index contributed by atoms with van der Waals surface area (Å²) in [5.41, 5.74) is 0. The highest BCUT2D eigenvalue weighted by molar-refractivity contribution is 7.47. The number of amides is 1. The monoisotopic (exact) mass is 565 g/mol. The van der Waals surface area contributed by atoms with Gasteiger partial charge in [0, 0.05) is 6.42 Å². The van der Waals surface area contributed by atoms with Gasteiger partial charge >= 0.3 is 7.82 Å². The second-order valence-corrected chi connectivity index (χ2v) is 13.3. The molecule has 0 aliphatic rings. The summed E-state index contributed by atoms with van der Waals surface area (Å²) in [5.74, 6) is -0.199. The average molecular weight is 566 g/mol. The van der Waals surface area contributed by atoms with Gasteiger partial charge in [0.15, 0.2) is 0 Å². The number of aliphatic hydroxyl groups is 1. The standard InChI is InChI=1S/C29H61N2O6P/c1-6-8-9-10-11-12-13-14-15-16-17-18-19-20-21-23-28(32)27(30-29(33)22-7-2)26-37-38(34,35)36-25-24-31(3,4)5/h27-28,32H,6-26H2,1-5H3,(H-,30,33,34,35)/p+1. The van der Waals surface area contributed by atoms with Crippen LogP contribution in [0.25, 0.3) is 0 Å². The predicted molar refractivity (Wildman–Crippen MR) is 157 cm³/mol. The molecule has 0 spiro atoms. The Bertz CT molecular complexity index is 614. The highest BCUT2D eigenvalue weighted by atomic mass is 31.2. The van der Waals surface area contributed by atoms with E-state index in [-0.39, 0.29) is 19.1 Å². The Labute approximate surface area is 234 Å². The fourth-order valence-electron chi connectivity index (χ4n) is 4.32. The molecule has 0 aromatic carbocycles. The Hall–Kier alpha value is -0.500. The van der Waals surface area contributed by atoms with Crippen molar-refractivity contribution in [2.24, 2.45) is 0 Å². The van der Waals surface area contributed by atoms with E-state index in [1.165, 1.54) is 77.0 Å². The summed E-state index contributed by atoms with van der Waals surface area (Å²) < 4.78 is 23.0. The molecule has 0 bridgehead atoms. The molecule has 0 radical (unpaired) electrons. The minimum atomic E-state index is -4.27. The van der Waals surface area contributed by atoms with Crippen LogP contribution < -0.4 is 5.32 Å². The van der Waals surface area contributed by atoms with Gasteiger partial charge in [-0.3, -0.25) is 13.8 Å². The first kappa shape index (κ1) is 37.5. The highest BCUT2D eigenvalue weighted by Crippen LogP contribution is 2.43. The number of nitrogens with one attached hydrogen (secondary N) is 1. The molecule has 0 aromatic heterocycles. The molecular weight excluding hydrogens is 503 g/mol. The molecule has 0 saturated carbocycles. The lowest BCUT2D eigenvalue weighted by molar-refractivity contribution is -0.870. The Balaban J connectivity index is 4.14. The van der Waals surface area contributed by atoms with Crippen molar-refractivity contribution in [3.8, 4) is 0 Å². The Morgan fingerprint density at radius 3 is 1.71 bits per heavy atom. The average Bonchev–Trinajstić information content (AvgIpc) is 2.83. The van der Waals surface area contributed by atoms with Crippen LogP contribution >= 0.6 is 7.82 Å². The molecule has 0 aliphatic carbocycles. The lowest BCUT2D eigenvalue weighted by Crippen LogP contribution is -2.46. The number of phosphoric ester groups is 1. The molecule has 3 unspecified atom stereocenters. The van der Waals surface area contributed by atoms with Crippen LogP contribution in [0.1, 0.15) is 129 Å². The number of carbonyl (C=O) groups excluding carboxylic acids is 1. The van der Waals surface area contributed by atoms with Gasteiger partial charge in [-0.25, -0.2) is 4.57 Å². The molecule has 1 amide bonds. The summed E-state index contributed by atoms with van der Waals surface area (Å²) in [6.07, 6.45) is 19.8. The number of nitrogens with zero attached hydrogens (tertiary/aromatic N) is 1. The fraction of sp³-hybridized carbons (Fsp3) is 0.966. The van der Waals surface area contributed by atoms with E-state index in [1.807, 2.05) is 28.1 Å². The van der Waals surface area contributed by atoms with Crippen molar-refractivity contribution in [3.63, 3.8) is 0 Å². The number of rotatable bonds is 27. The lowest BCUT2D eigenvalue weighted by Gasteiger charge is -2.26. The van der Waals surface area contributed by atoms with Crippen molar-refractivity contribution < 1.29 is 32.9 Å². The largest absolute Gasteiger partial charge is 0.472 e. The fourth-order valence-corrected chi connectivity index (χ4v) is 5.06. The smallest absolute Gasteiger partial charge is 0.391 e. The van der Waals surface area contributed by atoms with E-state index in [2.05, 4.69) is 12.2 Å². The number of carbonyl (C=O) groups is 1. The van der Waals surface area contributed by atoms with Gasteiger partial charge in [0.05, 0.1) is 39.9 Å². The highest BCUT2D eigenvalue weighted by Gasteiger charge is 2.28. The first-order valence-electron chi connectivity index (χ1n) is 15.4. The van der Waals surface area contributed by atoms with Crippen LogP contribution in [0.4, 0.5) is 0 Å². The van der Waals surface area contributed by atoms with E-state index in [0.29, 0.717) is 30.3 Å². The third kappa shape index (κ3) is 24.5. The van der Waals surface area contributed by atoms with Gasteiger partial charge in [-0.15, -0.1) is 0 Å². The second kappa shape index (κ2) is 23.2. The zero-order valence-corrected chi connectivity index (χ0v) is 26.3. The van der Waals surface area contributed by atoms with Gasteiger partial charge in [0.25, 0.3) is 0 Å². The van der Waals surface area contributed by atoms with Gasteiger partial charge in [-0.05, 0) is 12.8 Å². The molecular formula is C29H62N2O6P+. The maximum Gasteiger partial charge on any atom is 0.472 e. The van der Waals surface area contributed by atoms with Gasteiger partial charge in [0.2, 0.25) is 5.91 Å². The van der Waals surface area contributed by atoms with Crippen molar-refractivity contribution in [3.05, 3.63) is 0 Å². The summed E-state index contributed by atoms with van der Waals surface area (Å²) in [6.45, 7) is 4.52. The Kier molecular flexibility index (Phi) is 22.9. The summed E-state index contributed by atoms with van der Waals surface area (Å²) in [7, 11) is 1.61. The summed E-state index contributed by atoms with van der Waals surface area (Å²) in [6, 6.07) is -0.747. The van der Waals surface area contributed by atoms with Crippen LogP contribution in [0.2, 0.25) is 0 Å². The number of quaternary nitrogens is 1. The Morgan fingerprint density at radius 2 is 1.26 bits per heavy atom. The van der Waals surface area contributed by atoms with E-state index in [1.54, 1.807) is 0 Å². The minimum absolute atomic E-state index is 0.0752. The summed E-state index contributed by atoms with van der Waals surface area (Å²) in [4.78, 5) is 22.1.